The summed E-state index contributed by atoms with van der Waals surface area (Å²) in [7, 11) is 0. The van der Waals surface area contributed by atoms with Crippen LogP contribution in [0.2, 0.25) is 5.02 Å². The summed E-state index contributed by atoms with van der Waals surface area (Å²) < 4.78 is 0. The largest absolute Gasteiger partial charge is 0.367 e. The zero-order valence-corrected chi connectivity index (χ0v) is 16.2. The van der Waals surface area contributed by atoms with Crippen LogP contribution in [0.4, 0.5) is 17.1 Å². The van der Waals surface area contributed by atoms with Crippen molar-refractivity contribution < 1.29 is 4.92 Å². The molecule has 0 bridgehead atoms. The Morgan fingerprint density at radius 1 is 1.07 bits per heavy atom. The molecule has 28 heavy (non-hydrogen) atoms. The first-order valence-electron chi connectivity index (χ1n) is 8.94. The van der Waals surface area contributed by atoms with Crippen molar-refractivity contribution in [3.8, 4) is 0 Å². The summed E-state index contributed by atoms with van der Waals surface area (Å²) in [6, 6.07) is 22.7. The standard InChI is InChI=1S/C22H20ClN3O2/c1-2-25(16-18-6-4-3-5-7-18)19-10-8-17(9-11-19)15-24-22-13-12-20(26(27)28)14-21(22)23/h3-15H,2,16H2,1H3. The average molecular weight is 394 g/mol. The Hall–Kier alpha value is -3.18. The summed E-state index contributed by atoms with van der Waals surface area (Å²) in [5.41, 5.74) is 3.77. The molecule has 0 aliphatic rings. The minimum absolute atomic E-state index is 0.0497. The van der Waals surface area contributed by atoms with E-state index in [1.807, 2.05) is 30.3 Å². The minimum atomic E-state index is -0.479. The van der Waals surface area contributed by atoms with Crippen molar-refractivity contribution in [2.75, 3.05) is 11.4 Å². The molecule has 6 heteroatoms. The second kappa shape index (κ2) is 9.15. The van der Waals surface area contributed by atoms with Gasteiger partial charge in [-0.25, -0.2) is 0 Å². The molecule has 142 valence electrons. The monoisotopic (exact) mass is 393 g/mol. The van der Waals surface area contributed by atoms with E-state index in [2.05, 4.69) is 41.1 Å². The van der Waals surface area contributed by atoms with Crippen LogP contribution in [0.25, 0.3) is 0 Å². The fourth-order valence-corrected chi connectivity index (χ4v) is 3.04. The van der Waals surface area contributed by atoms with Gasteiger partial charge in [0.15, 0.2) is 0 Å². The SMILES string of the molecule is CCN(Cc1ccccc1)c1ccc(C=Nc2ccc([N+](=O)[O-])cc2Cl)cc1. The molecule has 5 nitrogen and oxygen atoms in total. The maximum atomic E-state index is 10.8. The molecule has 0 radical (unpaired) electrons. The molecular weight excluding hydrogens is 374 g/mol. The number of nitro benzene ring substituents is 1. The fourth-order valence-electron chi connectivity index (χ4n) is 2.82. The van der Waals surface area contributed by atoms with E-state index in [0.717, 1.165) is 24.3 Å². The van der Waals surface area contributed by atoms with Crippen molar-refractivity contribution in [2.24, 2.45) is 4.99 Å². The quantitative estimate of drug-likeness (QED) is 0.280. The highest BCUT2D eigenvalue weighted by Gasteiger charge is 2.08. The summed E-state index contributed by atoms with van der Waals surface area (Å²) in [5.74, 6) is 0. The smallest absolute Gasteiger partial charge is 0.271 e. The van der Waals surface area contributed by atoms with Gasteiger partial charge in [0.25, 0.3) is 5.69 Å². The Bertz CT molecular complexity index is 973. The van der Waals surface area contributed by atoms with Crippen molar-refractivity contribution in [2.45, 2.75) is 13.5 Å². The maximum Gasteiger partial charge on any atom is 0.271 e. The van der Waals surface area contributed by atoms with Gasteiger partial charge in [-0.2, -0.15) is 0 Å². The number of hydrogen-bond acceptors (Lipinski definition) is 4. The number of aliphatic imine (C=N–C) groups is 1. The Labute approximate surface area is 169 Å². The first-order chi connectivity index (χ1) is 13.6. The molecule has 3 aromatic carbocycles. The van der Waals surface area contributed by atoms with Crippen LogP contribution in [0, 0.1) is 10.1 Å². The molecule has 0 aliphatic heterocycles. The zero-order valence-electron chi connectivity index (χ0n) is 15.5. The molecule has 0 N–H and O–H groups in total. The third-order valence-corrected chi connectivity index (χ3v) is 4.65. The van der Waals surface area contributed by atoms with Gasteiger partial charge in [-0.1, -0.05) is 54.1 Å². The van der Waals surface area contributed by atoms with Crippen LogP contribution >= 0.6 is 11.6 Å². The summed E-state index contributed by atoms with van der Waals surface area (Å²) in [6.07, 6.45) is 1.70. The Balaban J connectivity index is 1.71. The summed E-state index contributed by atoms with van der Waals surface area (Å²) in [5, 5.41) is 11.0. The van der Waals surface area contributed by atoms with Crippen molar-refractivity contribution >= 4 is 34.9 Å². The van der Waals surface area contributed by atoms with Crippen LogP contribution in [0.3, 0.4) is 0 Å². The first kappa shape index (κ1) is 19.6. The van der Waals surface area contributed by atoms with E-state index in [9.17, 15) is 10.1 Å². The number of nitrogens with zero attached hydrogens (tertiary/aromatic N) is 3. The second-order valence-electron chi connectivity index (χ2n) is 6.24. The number of nitro groups is 1. The molecule has 0 unspecified atom stereocenters. The van der Waals surface area contributed by atoms with E-state index < -0.39 is 4.92 Å². The first-order valence-corrected chi connectivity index (χ1v) is 9.31. The van der Waals surface area contributed by atoms with Gasteiger partial charge in [-0.3, -0.25) is 15.1 Å². The van der Waals surface area contributed by atoms with Gasteiger partial charge >= 0.3 is 0 Å². The van der Waals surface area contributed by atoms with E-state index in [4.69, 9.17) is 11.6 Å². The third kappa shape index (κ3) is 4.96. The molecule has 3 rings (SSSR count). The van der Waals surface area contributed by atoms with E-state index in [-0.39, 0.29) is 10.7 Å². The molecule has 0 saturated carbocycles. The van der Waals surface area contributed by atoms with Crippen LogP contribution < -0.4 is 4.90 Å². The molecule has 0 aromatic heterocycles. The van der Waals surface area contributed by atoms with E-state index in [1.54, 1.807) is 12.3 Å². The topological polar surface area (TPSA) is 58.7 Å². The number of rotatable bonds is 7. The molecule has 0 atom stereocenters. The van der Waals surface area contributed by atoms with Crippen LogP contribution in [0.1, 0.15) is 18.1 Å². The predicted molar refractivity (Wildman–Crippen MR) is 115 cm³/mol. The molecule has 0 saturated heterocycles. The van der Waals surface area contributed by atoms with Gasteiger partial charge in [0.2, 0.25) is 0 Å². The molecule has 0 amide bonds. The second-order valence-corrected chi connectivity index (χ2v) is 6.65. The lowest BCUT2D eigenvalue weighted by molar-refractivity contribution is -0.384. The number of halogens is 1. The highest BCUT2D eigenvalue weighted by Crippen LogP contribution is 2.29. The number of anilines is 1. The third-order valence-electron chi connectivity index (χ3n) is 4.35. The van der Waals surface area contributed by atoms with Gasteiger partial charge in [0.1, 0.15) is 0 Å². The summed E-state index contributed by atoms with van der Waals surface area (Å²) >= 11 is 6.08. The summed E-state index contributed by atoms with van der Waals surface area (Å²) in [6.45, 7) is 3.89. The lowest BCUT2D eigenvalue weighted by Gasteiger charge is -2.23. The molecule has 0 fully saturated rings. The van der Waals surface area contributed by atoms with E-state index in [1.165, 1.54) is 17.7 Å². The van der Waals surface area contributed by atoms with Crippen molar-refractivity contribution in [3.05, 3.63) is 99.1 Å². The average Bonchev–Trinajstić information content (AvgIpc) is 2.72. The van der Waals surface area contributed by atoms with Gasteiger partial charge < -0.3 is 4.90 Å². The van der Waals surface area contributed by atoms with Crippen LogP contribution in [0.5, 0.6) is 0 Å². The van der Waals surface area contributed by atoms with Gasteiger partial charge in [0, 0.05) is 37.1 Å². The van der Waals surface area contributed by atoms with E-state index in [0.29, 0.717) is 5.69 Å². The highest BCUT2D eigenvalue weighted by atomic mass is 35.5. The van der Waals surface area contributed by atoms with Crippen molar-refractivity contribution in [3.63, 3.8) is 0 Å². The van der Waals surface area contributed by atoms with E-state index >= 15 is 0 Å². The number of hydrogen-bond donors (Lipinski definition) is 0. The highest BCUT2D eigenvalue weighted by molar-refractivity contribution is 6.33. The Morgan fingerprint density at radius 3 is 2.39 bits per heavy atom. The normalized spacial score (nSPS) is 10.9. The van der Waals surface area contributed by atoms with Crippen LogP contribution in [-0.2, 0) is 6.54 Å². The molecular formula is C22H20ClN3O2. The van der Waals surface area contributed by atoms with Crippen molar-refractivity contribution in [1.82, 2.24) is 0 Å². The van der Waals surface area contributed by atoms with Crippen LogP contribution in [0.15, 0.2) is 77.8 Å². The molecule has 0 spiro atoms. The Kier molecular flexibility index (Phi) is 6.40. The lowest BCUT2D eigenvalue weighted by Crippen LogP contribution is -2.21. The number of benzene rings is 3. The fraction of sp³-hybridized carbons (Fsp3) is 0.136. The molecule has 0 aliphatic carbocycles. The van der Waals surface area contributed by atoms with Gasteiger partial charge in [-0.05, 0) is 36.2 Å². The zero-order chi connectivity index (χ0) is 19.9. The lowest BCUT2D eigenvalue weighted by atomic mass is 10.1. The molecule has 3 aromatic rings. The molecule has 0 heterocycles. The van der Waals surface area contributed by atoms with Gasteiger partial charge in [-0.15, -0.1) is 0 Å². The number of non-ortho nitro benzene ring substituents is 1. The summed E-state index contributed by atoms with van der Waals surface area (Å²) in [4.78, 5) is 16.9. The maximum absolute atomic E-state index is 10.8. The Morgan fingerprint density at radius 2 is 1.79 bits per heavy atom. The van der Waals surface area contributed by atoms with Crippen LogP contribution in [-0.4, -0.2) is 17.7 Å². The predicted octanol–water partition coefficient (Wildman–Crippen LogP) is 6.03. The minimum Gasteiger partial charge on any atom is -0.367 e. The van der Waals surface area contributed by atoms with Crippen molar-refractivity contribution in [1.29, 1.82) is 0 Å². The van der Waals surface area contributed by atoms with Gasteiger partial charge in [0.05, 0.1) is 15.6 Å².